The Balaban J connectivity index is 2.02. The number of hydrogen-bond donors (Lipinski definition) is 1. The summed E-state index contributed by atoms with van der Waals surface area (Å²) in [4.78, 5) is 6.88. The van der Waals surface area contributed by atoms with Crippen LogP contribution in [0.3, 0.4) is 0 Å². The normalized spacial score (nSPS) is 10.2. The largest absolute Gasteiger partial charge is 0.388 e. The average molecular weight is 271 g/mol. The first-order valence-electron chi connectivity index (χ1n) is 6.19. The fourth-order valence-electron chi connectivity index (χ4n) is 1.83. The summed E-state index contributed by atoms with van der Waals surface area (Å²) >= 11 is 4.95. The molecule has 0 atom stereocenters. The van der Waals surface area contributed by atoms with Crippen LogP contribution in [-0.2, 0) is 6.42 Å². The van der Waals surface area contributed by atoms with Crippen LogP contribution in [0.15, 0.2) is 48.5 Å². The molecule has 0 saturated carbocycles. The molecule has 1 aromatic carbocycles. The van der Waals surface area contributed by atoms with E-state index in [0.717, 1.165) is 18.8 Å². The lowest BCUT2D eigenvalue weighted by Gasteiger charge is -2.18. The highest BCUT2D eigenvalue weighted by atomic mass is 32.1. The van der Waals surface area contributed by atoms with Gasteiger partial charge < -0.3 is 10.6 Å². The molecule has 1 aromatic heterocycles. The molecule has 0 aliphatic rings. The summed E-state index contributed by atoms with van der Waals surface area (Å²) in [7, 11) is 2.02. The molecule has 0 aliphatic carbocycles. The lowest BCUT2D eigenvalue weighted by atomic mass is 10.1. The van der Waals surface area contributed by atoms with Gasteiger partial charge in [-0.05, 0) is 24.1 Å². The van der Waals surface area contributed by atoms with Gasteiger partial charge in [0.05, 0.1) is 5.69 Å². The first-order chi connectivity index (χ1) is 9.16. The van der Waals surface area contributed by atoms with E-state index in [1.165, 1.54) is 5.56 Å². The minimum atomic E-state index is 0.332. The Kier molecular flexibility index (Phi) is 4.47. The smallest absolute Gasteiger partial charge is 0.129 e. The predicted octanol–water partition coefficient (Wildman–Crippen LogP) is 2.39. The van der Waals surface area contributed by atoms with Crippen LogP contribution in [0.4, 0.5) is 5.82 Å². The highest BCUT2D eigenvalue weighted by molar-refractivity contribution is 7.80. The minimum Gasteiger partial charge on any atom is -0.388 e. The van der Waals surface area contributed by atoms with Gasteiger partial charge in [0.1, 0.15) is 10.8 Å². The van der Waals surface area contributed by atoms with Gasteiger partial charge in [-0.2, -0.15) is 0 Å². The Morgan fingerprint density at radius 1 is 1.16 bits per heavy atom. The van der Waals surface area contributed by atoms with Crippen molar-refractivity contribution in [2.24, 2.45) is 5.73 Å². The van der Waals surface area contributed by atoms with Gasteiger partial charge in [0.25, 0.3) is 0 Å². The molecule has 98 valence electrons. The van der Waals surface area contributed by atoms with Crippen molar-refractivity contribution in [3.05, 3.63) is 59.8 Å². The third-order valence-corrected chi connectivity index (χ3v) is 3.17. The zero-order chi connectivity index (χ0) is 13.7. The number of likely N-dealkylation sites (N-methyl/N-ethyl adjacent to an activating group) is 1. The molecule has 2 rings (SSSR count). The van der Waals surface area contributed by atoms with E-state index in [1.54, 1.807) is 0 Å². The van der Waals surface area contributed by atoms with Gasteiger partial charge >= 0.3 is 0 Å². The van der Waals surface area contributed by atoms with Gasteiger partial charge in [-0.15, -0.1) is 0 Å². The van der Waals surface area contributed by atoms with E-state index in [9.17, 15) is 0 Å². The Labute approximate surface area is 119 Å². The SMILES string of the molecule is CN(CCc1ccccc1)c1cccc(C(N)=S)n1. The molecule has 4 heteroatoms. The molecular weight excluding hydrogens is 254 g/mol. The second-order valence-corrected chi connectivity index (χ2v) is 4.84. The Morgan fingerprint density at radius 3 is 2.58 bits per heavy atom. The number of aromatic nitrogens is 1. The fourth-order valence-corrected chi connectivity index (χ4v) is 1.94. The molecule has 2 N–H and O–H groups in total. The second kappa shape index (κ2) is 6.29. The number of pyridine rings is 1. The van der Waals surface area contributed by atoms with Gasteiger partial charge in [0.15, 0.2) is 0 Å². The first-order valence-corrected chi connectivity index (χ1v) is 6.59. The fraction of sp³-hybridized carbons (Fsp3) is 0.200. The van der Waals surface area contributed by atoms with Gasteiger partial charge in [-0.25, -0.2) is 4.98 Å². The Morgan fingerprint density at radius 2 is 1.89 bits per heavy atom. The molecule has 0 saturated heterocycles. The van der Waals surface area contributed by atoms with E-state index in [0.29, 0.717) is 10.7 Å². The highest BCUT2D eigenvalue weighted by Gasteiger charge is 2.05. The van der Waals surface area contributed by atoms with Crippen LogP contribution in [0.25, 0.3) is 0 Å². The van der Waals surface area contributed by atoms with Crippen molar-refractivity contribution in [3.63, 3.8) is 0 Å². The lowest BCUT2D eigenvalue weighted by molar-refractivity contribution is 0.859. The predicted molar refractivity (Wildman–Crippen MR) is 83.5 cm³/mol. The zero-order valence-electron chi connectivity index (χ0n) is 10.9. The second-order valence-electron chi connectivity index (χ2n) is 4.40. The first kappa shape index (κ1) is 13.5. The molecule has 2 aromatic rings. The van der Waals surface area contributed by atoms with E-state index in [4.69, 9.17) is 18.0 Å². The van der Waals surface area contributed by atoms with Gasteiger partial charge in [-0.1, -0.05) is 48.6 Å². The van der Waals surface area contributed by atoms with Crippen molar-refractivity contribution in [1.82, 2.24) is 4.98 Å². The number of anilines is 1. The van der Waals surface area contributed by atoms with Crippen LogP contribution in [-0.4, -0.2) is 23.6 Å². The highest BCUT2D eigenvalue weighted by Crippen LogP contribution is 2.11. The van der Waals surface area contributed by atoms with Crippen molar-refractivity contribution < 1.29 is 0 Å². The summed E-state index contributed by atoms with van der Waals surface area (Å²) in [5.41, 5.74) is 7.58. The van der Waals surface area contributed by atoms with Crippen LogP contribution in [0.5, 0.6) is 0 Å². The molecule has 0 bridgehead atoms. The van der Waals surface area contributed by atoms with Gasteiger partial charge in [0.2, 0.25) is 0 Å². The zero-order valence-corrected chi connectivity index (χ0v) is 11.7. The monoisotopic (exact) mass is 271 g/mol. The molecule has 0 spiro atoms. The quantitative estimate of drug-likeness (QED) is 0.848. The summed E-state index contributed by atoms with van der Waals surface area (Å²) in [6, 6.07) is 16.1. The molecule has 0 fully saturated rings. The van der Waals surface area contributed by atoms with Gasteiger partial charge in [0, 0.05) is 13.6 Å². The summed E-state index contributed by atoms with van der Waals surface area (Å²) in [5, 5.41) is 0. The molecule has 1 heterocycles. The van der Waals surface area contributed by atoms with Crippen molar-refractivity contribution in [3.8, 4) is 0 Å². The maximum Gasteiger partial charge on any atom is 0.129 e. The number of rotatable bonds is 5. The van der Waals surface area contributed by atoms with Crippen molar-refractivity contribution >= 4 is 23.0 Å². The molecule has 0 unspecified atom stereocenters. The van der Waals surface area contributed by atoms with E-state index in [2.05, 4.69) is 34.1 Å². The third-order valence-electron chi connectivity index (χ3n) is 2.96. The van der Waals surface area contributed by atoms with E-state index >= 15 is 0 Å². The molecule has 0 radical (unpaired) electrons. The standard InChI is InChI=1S/C15H17N3S/c1-18(11-10-12-6-3-2-4-7-12)14-9-5-8-13(17-14)15(16)19/h2-9H,10-11H2,1H3,(H2,16,19). The summed E-state index contributed by atoms with van der Waals surface area (Å²) in [5.74, 6) is 0.890. The Hall–Kier alpha value is -1.94. The van der Waals surface area contributed by atoms with Crippen LogP contribution < -0.4 is 10.6 Å². The van der Waals surface area contributed by atoms with Crippen LogP contribution >= 0.6 is 12.2 Å². The lowest BCUT2D eigenvalue weighted by Crippen LogP contribution is -2.22. The average Bonchev–Trinajstić information content (AvgIpc) is 2.46. The summed E-state index contributed by atoms with van der Waals surface area (Å²) in [6.07, 6.45) is 0.982. The topological polar surface area (TPSA) is 42.1 Å². The molecule has 0 amide bonds. The van der Waals surface area contributed by atoms with Gasteiger partial charge in [-0.3, -0.25) is 0 Å². The van der Waals surface area contributed by atoms with Crippen molar-refractivity contribution in [2.45, 2.75) is 6.42 Å². The van der Waals surface area contributed by atoms with Crippen LogP contribution in [0, 0.1) is 0 Å². The van der Waals surface area contributed by atoms with E-state index in [1.807, 2.05) is 31.3 Å². The van der Waals surface area contributed by atoms with Crippen LogP contribution in [0.2, 0.25) is 0 Å². The number of hydrogen-bond acceptors (Lipinski definition) is 3. The summed E-state index contributed by atoms with van der Waals surface area (Å²) < 4.78 is 0. The van der Waals surface area contributed by atoms with E-state index in [-0.39, 0.29) is 0 Å². The number of thiocarbonyl (C=S) groups is 1. The maximum absolute atomic E-state index is 5.60. The molecule has 0 aliphatic heterocycles. The number of benzene rings is 1. The third kappa shape index (κ3) is 3.76. The Bertz CT molecular complexity index is 554. The number of nitrogens with zero attached hydrogens (tertiary/aromatic N) is 2. The summed E-state index contributed by atoms with van der Waals surface area (Å²) in [6.45, 7) is 0.901. The van der Waals surface area contributed by atoms with Crippen molar-refractivity contribution in [2.75, 3.05) is 18.5 Å². The number of nitrogens with two attached hydrogens (primary N) is 1. The molecule has 3 nitrogen and oxygen atoms in total. The molecule has 19 heavy (non-hydrogen) atoms. The van der Waals surface area contributed by atoms with Crippen molar-refractivity contribution in [1.29, 1.82) is 0 Å². The van der Waals surface area contributed by atoms with Crippen LogP contribution in [0.1, 0.15) is 11.3 Å². The minimum absolute atomic E-state index is 0.332. The van der Waals surface area contributed by atoms with E-state index < -0.39 is 0 Å². The maximum atomic E-state index is 5.60. The molecular formula is C15H17N3S.